The molecule has 1 amide bonds. The molecule has 1 aliphatic heterocycles. The third kappa shape index (κ3) is 3.01. The smallest absolute Gasteiger partial charge is 0.244 e. The van der Waals surface area contributed by atoms with E-state index in [-0.39, 0.29) is 11.9 Å². The van der Waals surface area contributed by atoms with Gasteiger partial charge in [-0.3, -0.25) is 4.79 Å². The highest BCUT2D eigenvalue weighted by molar-refractivity contribution is 7.99. The molecule has 0 bridgehead atoms. The highest BCUT2D eigenvalue weighted by Crippen LogP contribution is 2.17. The van der Waals surface area contributed by atoms with Crippen LogP contribution >= 0.6 is 11.8 Å². The molecule has 1 fully saturated rings. The molecule has 3 nitrogen and oxygen atoms in total. The minimum atomic E-state index is -0.0334. The normalized spacial score (nSPS) is 19.9. The van der Waals surface area contributed by atoms with Crippen molar-refractivity contribution in [1.29, 1.82) is 0 Å². The van der Waals surface area contributed by atoms with E-state index < -0.39 is 0 Å². The second-order valence-corrected chi connectivity index (χ2v) is 5.15. The first-order valence-electron chi connectivity index (χ1n) is 6.00. The lowest BCUT2D eigenvalue weighted by molar-refractivity contribution is -0.120. The van der Waals surface area contributed by atoms with Gasteiger partial charge in [0.05, 0.1) is 6.04 Å². The van der Waals surface area contributed by atoms with Crippen molar-refractivity contribution in [3.8, 4) is 0 Å². The summed E-state index contributed by atoms with van der Waals surface area (Å²) in [7, 11) is 0. The van der Waals surface area contributed by atoms with Gasteiger partial charge in [-0.2, -0.15) is 11.8 Å². The molecule has 0 aliphatic carbocycles. The molecule has 0 radical (unpaired) electrons. The fraction of sp³-hybridized carbons (Fsp3) is 0.462. The molecular weight excluding hydrogens is 232 g/mol. The highest BCUT2D eigenvalue weighted by Gasteiger charge is 2.25. The third-order valence-corrected chi connectivity index (χ3v) is 3.93. The Balaban J connectivity index is 2.10. The van der Waals surface area contributed by atoms with Gasteiger partial charge < -0.3 is 10.2 Å². The predicted octanol–water partition coefficient (Wildman–Crippen LogP) is 1.74. The van der Waals surface area contributed by atoms with Crippen LogP contribution in [0.2, 0.25) is 0 Å². The fourth-order valence-electron chi connectivity index (χ4n) is 1.99. The Morgan fingerprint density at radius 2 is 2.24 bits per heavy atom. The van der Waals surface area contributed by atoms with Crippen LogP contribution in [0.1, 0.15) is 6.92 Å². The van der Waals surface area contributed by atoms with Crippen LogP contribution in [-0.4, -0.2) is 36.5 Å². The molecule has 2 rings (SSSR count). The number of anilines is 1. The van der Waals surface area contributed by atoms with E-state index in [1.54, 1.807) is 0 Å². The van der Waals surface area contributed by atoms with E-state index in [0.717, 1.165) is 23.7 Å². The molecule has 1 aromatic rings. The first-order valence-corrected chi connectivity index (χ1v) is 7.16. The van der Waals surface area contributed by atoms with Gasteiger partial charge in [0.2, 0.25) is 5.91 Å². The first-order chi connectivity index (χ1) is 8.33. The van der Waals surface area contributed by atoms with Crippen molar-refractivity contribution in [2.75, 3.05) is 29.5 Å². The largest absolute Gasteiger partial charge is 0.311 e. The van der Waals surface area contributed by atoms with Gasteiger partial charge in [0.1, 0.15) is 0 Å². The summed E-state index contributed by atoms with van der Waals surface area (Å²) >= 11 is 1.84. The van der Waals surface area contributed by atoms with Crippen LogP contribution in [0.3, 0.4) is 0 Å². The molecule has 1 atom stereocenters. The maximum absolute atomic E-state index is 12.4. The number of para-hydroxylation sites is 1. The molecule has 0 aromatic heterocycles. The second kappa shape index (κ2) is 6.07. The minimum absolute atomic E-state index is 0.0334. The van der Waals surface area contributed by atoms with Gasteiger partial charge in [-0.1, -0.05) is 18.2 Å². The maximum atomic E-state index is 12.4. The number of hydrogen-bond donors (Lipinski definition) is 1. The van der Waals surface area contributed by atoms with Gasteiger partial charge >= 0.3 is 0 Å². The highest BCUT2D eigenvalue weighted by atomic mass is 32.2. The van der Waals surface area contributed by atoms with Crippen molar-refractivity contribution in [2.24, 2.45) is 0 Å². The Hall–Kier alpha value is -1.00. The van der Waals surface area contributed by atoms with Gasteiger partial charge in [0, 0.05) is 30.3 Å². The summed E-state index contributed by atoms with van der Waals surface area (Å²) in [5, 5.41) is 3.29. The zero-order valence-electron chi connectivity index (χ0n) is 10.1. The van der Waals surface area contributed by atoms with Gasteiger partial charge in [-0.05, 0) is 19.1 Å². The Kier molecular flexibility index (Phi) is 4.45. The quantitative estimate of drug-likeness (QED) is 0.887. The monoisotopic (exact) mass is 250 g/mol. The van der Waals surface area contributed by atoms with E-state index in [2.05, 4.69) is 5.32 Å². The van der Waals surface area contributed by atoms with Crippen LogP contribution < -0.4 is 10.2 Å². The number of likely N-dealkylation sites (N-methyl/N-ethyl adjacent to an activating group) is 1. The zero-order valence-corrected chi connectivity index (χ0v) is 10.9. The molecule has 1 heterocycles. The molecule has 17 heavy (non-hydrogen) atoms. The number of nitrogens with one attached hydrogen (secondary N) is 1. The van der Waals surface area contributed by atoms with E-state index in [4.69, 9.17) is 0 Å². The number of nitrogens with zero attached hydrogens (tertiary/aromatic N) is 1. The van der Waals surface area contributed by atoms with E-state index in [1.165, 1.54) is 0 Å². The average Bonchev–Trinajstić information content (AvgIpc) is 2.42. The van der Waals surface area contributed by atoms with Crippen molar-refractivity contribution < 1.29 is 4.79 Å². The molecule has 92 valence electrons. The molecular formula is C13H18N2OS. The Labute approximate surface area is 107 Å². The van der Waals surface area contributed by atoms with Crippen LogP contribution in [0.25, 0.3) is 0 Å². The van der Waals surface area contributed by atoms with Crippen LogP contribution in [0, 0.1) is 0 Å². The molecule has 4 heteroatoms. The molecule has 1 unspecified atom stereocenters. The summed E-state index contributed by atoms with van der Waals surface area (Å²) in [6, 6.07) is 9.84. The number of amides is 1. The van der Waals surface area contributed by atoms with Crippen LogP contribution in [0.15, 0.2) is 30.3 Å². The van der Waals surface area contributed by atoms with Crippen molar-refractivity contribution >= 4 is 23.4 Å². The van der Waals surface area contributed by atoms with Gasteiger partial charge in [-0.15, -0.1) is 0 Å². The Morgan fingerprint density at radius 1 is 1.47 bits per heavy atom. The first kappa shape index (κ1) is 12.5. The number of carbonyl (C=O) groups excluding carboxylic acids is 1. The maximum Gasteiger partial charge on any atom is 0.244 e. The minimum Gasteiger partial charge on any atom is -0.311 e. The van der Waals surface area contributed by atoms with Gasteiger partial charge in [-0.25, -0.2) is 0 Å². The van der Waals surface area contributed by atoms with E-state index in [9.17, 15) is 4.79 Å². The van der Waals surface area contributed by atoms with Crippen LogP contribution in [0.4, 0.5) is 5.69 Å². The number of thioether (sulfide) groups is 1. The topological polar surface area (TPSA) is 32.3 Å². The van der Waals surface area contributed by atoms with Crippen molar-refractivity contribution in [3.63, 3.8) is 0 Å². The van der Waals surface area contributed by atoms with Gasteiger partial charge in [0.25, 0.3) is 0 Å². The lowest BCUT2D eigenvalue weighted by Gasteiger charge is -2.29. The van der Waals surface area contributed by atoms with Crippen molar-refractivity contribution in [1.82, 2.24) is 5.32 Å². The van der Waals surface area contributed by atoms with Crippen molar-refractivity contribution in [2.45, 2.75) is 13.0 Å². The molecule has 1 N–H and O–H groups in total. The fourth-order valence-corrected chi connectivity index (χ4v) is 2.91. The van der Waals surface area contributed by atoms with E-state index >= 15 is 0 Å². The summed E-state index contributed by atoms with van der Waals surface area (Å²) in [5.41, 5.74) is 0.984. The molecule has 1 aromatic carbocycles. The standard InChI is InChI=1S/C13H18N2OS/c1-2-15(11-6-4-3-5-7-11)13(16)12-10-17-9-8-14-12/h3-7,12,14H,2,8-10H2,1H3. The SMILES string of the molecule is CCN(C(=O)C1CSCCN1)c1ccccc1. The van der Waals surface area contributed by atoms with Crippen LogP contribution in [-0.2, 0) is 4.79 Å². The number of rotatable bonds is 3. The molecule has 0 spiro atoms. The number of carbonyl (C=O) groups is 1. The third-order valence-electron chi connectivity index (χ3n) is 2.87. The summed E-state index contributed by atoms with van der Waals surface area (Å²) in [5.74, 6) is 2.16. The summed E-state index contributed by atoms with van der Waals surface area (Å²) in [6.07, 6.45) is 0. The van der Waals surface area contributed by atoms with E-state index in [0.29, 0.717) is 6.54 Å². The summed E-state index contributed by atoms with van der Waals surface area (Å²) in [4.78, 5) is 14.2. The lowest BCUT2D eigenvalue weighted by atomic mass is 10.2. The summed E-state index contributed by atoms with van der Waals surface area (Å²) in [6.45, 7) is 3.65. The van der Waals surface area contributed by atoms with Crippen molar-refractivity contribution in [3.05, 3.63) is 30.3 Å². The molecule has 1 saturated heterocycles. The zero-order chi connectivity index (χ0) is 12.1. The summed E-state index contributed by atoms with van der Waals surface area (Å²) < 4.78 is 0. The number of hydrogen-bond acceptors (Lipinski definition) is 3. The second-order valence-electron chi connectivity index (χ2n) is 4.00. The molecule has 0 saturated carbocycles. The van der Waals surface area contributed by atoms with Gasteiger partial charge in [0.15, 0.2) is 0 Å². The van der Waals surface area contributed by atoms with E-state index in [1.807, 2.05) is 53.9 Å². The lowest BCUT2D eigenvalue weighted by Crippen LogP contribution is -2.50. The number of benzene rings is 1. The predicted molar refractivity (Wildman–Crippen MR) is 73.6 cm³/mol. The average molecular weight is 250 g/mol. The van der Waals surface area contributed by atoms with Crippen LogP contribution in [0.5, 0.6) is 0 Å². The Morgan fingerprint density at radius 3 is 2.82 bits per heavy atom. The molecule has 1 aliphatic rings. The Bertz CT molecular complexity index is 363.